The molecule has 0 aliphatic rings. The summed E-state index contributed by atoms with van der Waals surface area (Å²) in [7, 11) is 0. The molecule has 0 heterocycles. The van der Waals surface area contributed by atoms with Crippen LogP contribution in [0.3, 0.4) is 0 Å². The quantitative estimate of drug-likeness (QED) is 0.382. The molecular formula is C8H11NO3. The van der Waals surface area contributed by atoms with Crippen molar-refractivity contribution in [2.75, 3.05) is 6.61 Å². The predicted molar refractivity (Wildman–Crippen MR) is 42.2 cm³/mol. The minimum Gasteiger partial charge on any atom is -0.486 e. The zero-order chi connectivity index (χ0) is 9.40. The van der Waals surface area contributed by atoms with E-state index >= 15 is 0 Å². The summed E-state index contributed by atoms with van der Waals surface area (Å²) in [5.74, 6) is -1.16. The van der Waals surface area contributed by atoms with E-state index in [9.17, 15) is 4.79 Å². The van der Waals surface area contributed by atoms with Crippen LogP contribution >= 0.6 is 0 Å². The Morgan fingerprint density at radius 3 is 2.83 bits per heavy atom. The molecule has 0 saturated carbocycles. The number of nitrogens with zero attached hydrogens (tertiary/aromatic N) is 1. The lowest BCUT2D eigenvalue weighted by Crippen LogP contribution is -2.05. The molecule has 0 aliphatic heterocycles. The lowest BCUT2D eigenvalue weighted by molar-refractivity contribution is -0.136. The monoisotopic (exact) mass is 169 g/mol. The van der Waals surface area contributed by atoms with Gasteiger partial charge in [0.25, 0.3) is 0 Å². The molecule has 0 aromatic heterocycles. The van der Waals surface area contributed by atoms with Gasteiger partial charge in [-0.05, 0) is 12.5 Å². The summed E-state index contributed by atoms with van der Waals surface area (Å²) < 4.78 is 4.82. The van der Waals surface area contributed by atoms with E-state index in [0.717, 1.165) is 0 Å². The number of carbonyl (C=O) groups is 1. The first-order valence-electron chi connectivity index (χ1n) is 3.65. The maximum Gasteiger partial charge on any atom is 0.370 e. The molecule has 12 heavy (non-hydrogen) atoms. The van der Waals surface area contributed by atoms with Gasteiger partial charge in [-0.25, -0.2) is 4.79 Å². The van der Waals surface area contributed by atoms with Crippen LogP contribution in [0.1, 0.15) is 19.8 Å². The second-order valence-electron chi connectivity index (χ2n) is 2.04. The standard InChI is InChI=1S/C8H11NO3/c1-2-4-7(8(10)11)12-6-3-5-9/h4H,2-3,6H2,1H3,(H,10,11)/b7-4+. The Kier molecular flexibility index (Phi) is 5.45. The predicted octanol–water partition coefficient (Wildman–Crippen LogP) is 1.30. The van der Waals surface area contributed by atoms with Crippen LogP contribution in [-0.4, -0.2) is 17.7 Å². The van der Waals surface area contributed by atoms with Gasteiger partial charge >= 0.3 is 5.97 Å². The smallest absolute Gasteiger partial charge is 0.370 e. The molecule has 0 fully saturated rings. The summed E-state index contributed by atoms with van der Waals surface area (Å²) >= 11 is 0. The van der Waals surface area contributed by atoms with Crippen LogP contribution in [0.4, 0.5) is 0 Å². The van der Waals surface area contributed by atoms with Gasteiger partial charge in [0.15, 0.2) is 5.76 Å². The molecule has 1 N–H and O–H groups in total. The molecule has 4 nitrogen and oxygen atoms in total. The molecule has 0 aromatic carbocycles. The maximum atomic E-state index is 10.4. The third-order valence-corrected chi connectivity index (χ3v) is 1.07. The van der Waals surface area contributed by atoms with Crippen LogP contribution in [0.5, 0.6) is 0 Å². The molecule has 0 radical (unpaired) electrons. The molecule has 0 aromatic rings. The maximum absolute atomic E-state index is 10.4. The topological polar surface area (TPSA) is 70.3 Å². The van der Waals surface area contributed by atoms with Gasteiger partial charge in [-0.2, -0.15) is 5.26 Å². The largest absolute Gasteiger partial charge is 0.486 e. The Morgan fingerprint density at radius 2 is 2.42 bits per heavy atom. The van der Waals surface area contributed by atoms with Gasteiger partial charge < -0.3 is 9.84 Å². The van der Waals surface area contributed by atoms with Crippen molar-refractivity contribution in [3.8, 4) is 6.07 Å². The Labute approximate surface area is 71.1 Å². The summed E-state index contributed by atoms with van der Waals surface area (Å²) in [4.78, 5) is 10.4. The van der Waals surface area contributed by atoms with E-state index in [4.69, 9.17) is 15.1 Å². The fraction of sp³-hybridized carbons (Fsp3) is 0.500. The summed E-state index contributed by atoms with van der Waals surface area (Å²) in [5, 5.41) is 16.7. The van der Waals surface area contributed by atoms with Crippen molar-refractivity contribution in [2.45, 2.75) is 19.8 Å². The number of carboxylic acids is 1. The highest BCUT2D eigenvalue weighted by atomic mass is 16.5. The van der Waals surface area contributed by atoms with E-state index in [1.54, 1.807) is 0 Å². The van der Waals surface area contributed by atoms with Gasteiger partial charge in [-0.15, -0.1) is 0 Å². The zero-order valence-corrected chi connectivity index (χ0v) is 6.91. The van der Waals surface area contributed by atoms with E-state index < -0.39 is 5.97 Å². The van der Waals surface area contributed by atoms with E-state index in [1.165, 1.54) is 6.08 Å². The summed E-state index contributed by atoms with van der Waals surface area (Å²) in [6.45, 7) is 1.95. The summed E-state index contributed by atoms with van der Waals surface area (Å²) in [6, 6.07) is 1.86. The van der Waals surface area contributed by atoms with Crippen LogP contribution in [0, 0.1) is 11.3 Å². The van der Waals surface area contributed by atoms with E-state index in [0.29, 0.717) is 6.42 Å². The average molecular weight is 169 g/mol. The number of nitriles is 1. The third kappa shape index (κ3) is 4.34. The fourth-order valence-corrected chi connectivity index (χ4v) is 0.600. The number of aliphatic carboxylic acids is 1. The molecule has 0 saturated heterocycles. The van der Waals surface area contributed by atoms with Gasteiger partial charge in [-0.3, -0.25) is 0 Å². The molecule has 0 unspecified atom stereocenters. The number of hydrogen-bond acceptors (Lipinski definition) is 3. The average Bonchev–Trinajstić information content (AvgIpc) is 2.03. The fourth-order valence-electron chi connectivity index (χ4n) is 0.600. The highest BCUT2D eigenvalue weighted by Gasteiger charge is 2.06. The number of ether oxygens (including phenoxy) is 1. The molecule has 66 valence electrons. The Hall–Kier alpha value is -1.50. The minimum atomic E-state index is -1.09. The van der Waals surface area contributed by atoms with Gasteiger partial charge in [0, 0.05) is 0 Å². The molecule has 0 aliphatic carbocycles. The van der Waals surface area contributed by atoms with Gasteiger partial charge in [0.1, 0.15) is 6.61 Å². The molecule has 0 spiro atoms. The second-order valence-corrected chi connectivity index (χ2v) is 2.04. The Balaban J connectivity index is 3.91. The number of hydrogen-bond donors (Lipinski definition) is 1. The van der Waals surface area contributed by atoms with Crippen molar-refractivity contribution < 1.29 is 14.6 Å². The number of carboxylic acid groups (broad SMARTS) is 1. The molecule has 0 atom stereocenters. The first kappa shape index (κ1) is 10.5. The highest BCUT2D eigenvalue weighted by molar-refractivity contribution is 5.84. The van der Waals surface area contributed by atoms with Crippen molar-refractivity contribution in [2.24, 2.45) is 0 Å². The molecule has 4 heteroatoms. The molecule has 0 amide bonds. The normalized spacial score (nSPS) is 10.5. The molecule has 0 bridgehead atoms. The summed E-state index contributed by atoms with van der Waals surface area (Å²) in [6.07, 6.45) is 2.28. The third-order valence-electron chi connectivity index (χ3n) is 1.07. The van der Waals surface area contributed by atoms with Crippen LogP contribution < -0.4 is 0 Å². The van der Waals surface area contributed by atoms with Crippen molar-refractivity contribution in [1.29, 1.82) is 5.26 Å². The van der Waals surface area contributed by atoms with Crippen molar-refractivity contribution in [3.05, 3.63) is 11.8 Å². The van der Waals surface area contributed by atoms with Gasteiger partial charge in [0.05, 0.1) is 12.5 Å². The van der Waals surface area contributed by atoms with E-state index in [2.05, 4.69) is 0 Å². The van der Waals surface area contributed by atoms with Gasteiger partial charge in [-0.1, -0.05) is 6.92 Å². The molecular weight excluding hydrogens is 158 g/mol. The first-order valence-corrected chi connectivity index (χ1v) is 3.65. The van der Waals surface area contributed by atoms with E-state index in [-0.39, 0.29) is 18.8 Å². The lowest BCUT2D eigenvalue weighted by Gasteiger charge is -2.02. The number of rotatable bonds is 5. The van der Waals surface area contributed by atoms with Crippen molar-refractivity contribution in [1.82, 2.24) is 0 Å². The highest BCUT2D eigenvalue weighted by Crippen LogP contribution is 2.00. The first-order chi connectivity index (χ1) is 5.72. The Morgan fingerprint density at radius 1 is 1.75 bits per heavy atom. The van der Waals surface area contributed by atoms with Crippen LogP contribution in [0.25, 0.3) is 0 Å². The second kappa shape index (κ2) is 6.23. The summed E-state index contributed by atoms with van der Waals surface area (Å²) in [5.41, 5.74) is 0. The minimum absolute atomic E-state index is 0.0762. The van der Waals surface area contributed by atoms with Crippen molar-refractivity contribution >= 4 is 5.97 Å². The van der Waals surface area contributed by atoms with E-state index in [1.807, 2.05) is 13.0 Å². The Bertz CT molecular complexity index is 215. The van der Waals surface area contributed by atoms with Crippen molar-refractivity contribution in [3.63, 3.8) is 0 Å². The van der Waals surface area contributed by atoms with Gasteiger partial charge in [0.2, 0.25) is 0 Å². The van der Waals surface area contributed by atoms with Crippen LogP contribution in [0.2, 0.25) is 0 Å². The number of allylic oxidation sites excluding steroid dienone is 1. The SMILES string of the molecule is CC/C=C(/OCCC#N)C(=O)O. The van der Waals surface area contributed by atoms with Crippen LogP contribution in [-0.2, 0) is 9.53 Å². The van der Waals surface area contributed by atoms with Crippen LogP contribution in [0.15, 0.2) is 11.8 Å². The lowest BCUT2D eigenvalue weighted by atomic mass is 10.4. The molecule has 0 rings (SSSR count). The zero-order valence-electron chi connectivity index (χ0n) is 6.91.